The highest BCUT2D eigenvalue weighted by molar-refractivity contribution is 5.22. The Labute approximate surface area is 125 Å². The second kappa shape index (κ2) is 7.18. The van der Waals surface area contributed by atoms with Crippen LogP contribution in [0, 0.1) is 5.41 Å². The molecule has 4 heteroatoms. The lowest BCUT2D eigenvalue weighted by molar-refractivity contribution is -0.104. The van der Waals surface area contributed by atoms with Crippen LogP contribution in [0.1, 0.15) is 30.7 Å². The number of hydrogen-bond acceptors (Lipinski definition) is 4. The molecule has 4 unspecified atom stereocenters. The minimum Gasteiger partial charge on any atom is -0.396 e. The Kier molecular flexibility index (Phi) is 5.53. The first-order valence-corrected chi connectivity index (χ1v) is 7.42. The lowest BCUT2D eigenvalue weighted by Crippen LogP contribution is -2.49. The first kappa shape index (κ1) is 16.2. The van der Waals surface area contributed by atoms with Gasteiger partial charge in [0.2, 0.25) is 0 Å². The number of allylic oxidation sites excluding steroid dienone is 2. The molecule has 21 heavy (non-hydrogen) atoms. The molecule has 2 rings (SSSR count). The fourth-order valence-corrected chi connectivity index (χ4v) is 3.11. The third kappa shape index (κ3) is 3.35. The van der Waals surface area contributed by atoms with E-state index in [-0.39, 0.29) is 13.2 Å². The Bertz CT molecular complexity index is 459. The van der Waals surface area contributed by atoms with Crippen molar-refractivity contribution < 1.29 is 20.4 Å². The Morgan fingerprint density at radius 1 is 1.05 bits per heavy atom. The minimum absolute atomic E-state index is 0.178. The van der Waals surface area contributed by atoms with Crippen LogP contribution in [0.25, 0.3) is 0 Å². The summed E-state index contributed by atoms with van der Waals surface area (Å²) < 4.78 is 0. The van der Waals surface area contributed by atoms with E-state index in [0.717, 1.165) is 12.0 Å². The summed E-state index contributed by atoms with van der Waals surface area (Å²) in [5.74, 6) is -0.560. The highest BCUT2D eigenvalue weighted by atomic mass is 16.3. The highest BCUT2D eigenvalue weighted by Gasteiger charge is 2.43. The van der Waals surface area contributed by atoms with Crippen LogP contribution in [-0.4, -0.2) is 45.8 Å². The monoisotopic (exact) mass is 292 g/mol. The molecule has 0 radical (unpaired) electrons. The van der Waals surface area contributed by atoms with Crippen molar-refractivity contribution in [2.45, 2.75) is 37.4 Å². The predicted octanol–water partition coefficient (Wildman–Crippen LogP) is 1.20. The Balaban J connectivity index is 2.20. The summed E-state index contributed by atoms with van der Waals surface area (Å²) in [6, 6.07) is 9.18. The van der Waals surface area contributed by atoms with E-state index in [2.05, 4.69) is 0 Å². The second-order valence-corrected chi connectivity index (χ2v) is 5.87. The zero-order valence-electron chi connectivity index (χ0n) is 12.1. The van der Waals surface area contributed by atoms with Crippen molar-refractivity contribution in [1.29, 1.82) is 0 Å². The Hall–Kier alpha value is -1.20. The van der Waals surface area contributed by atoms with Gasteiger partial charge in [0, 0.05) is 11.3 Å². The number of aliphatic hydroxyl groups excluding tert-OH is 4. The molecule has 4 N–H and O–H groups in total. The van der Waals surface area contributed by atoms with Crippen LogP contribution in [0.5, 0.6) is 0 Å². The van der Waals surface area contributed by atoms with Crippen LogP contribution in [-0.2, 0) is 0 Å². The van der Waals surface area contributed by atoms with Gasteiger partial charge < -0.3 is 20.4 Å². The quantitative estimate of drug-likeness (QED) is 0.594. The fourth-order valence-electron chi connectivity index (χ4n) is 3.11. The Morgan fingerprint density at radius 2 is 1.76 bits per heavy atom. The molecule has 0 saturated heterocycles. The third-order valence-corrected chi connectivity index (χ3v) is 4.60. The van der Waals surface area contributed by atoms with Crippen molar-refractivity contribution in [3.63, 3.8) is 0 Å². The van der Waals surface area contributed by atoms with E-state index in [9.17, 15) is 20.4 Å². The standard InChI is InChI=1S/C17H24O4/c18-11-14(13-7-3-1-4-8-13)15(20)16(21)17(12-19)9-5-2-6-10-17/h1-5,7-8,14-16,18-21H,6,9-12H2. The molecule has 0 aromatic heterocycles. The van der Waals surface area contributed by atoms with Crippen molar-refractivity contribution in [1.82, 2.24) is 0 Å². The largest absolute Gasteiger partial charge is 0.396 e. The first-order chi connectivity index (χ1) is 10.1. The maximum atomic E-state index is 10.6. The average molecular weight is 292 g/mol. The molecule has 0 bridgehead atoms. The normalized spacial score (nSPS) is 26.3. The van der Waals surface area contributed by atoms with Gasteiger partial charge in [0.25, 0.3) is 0 Å². The van der Waals surface area contributed by atoms with Gasteiger partial charge in [-0.25, -0.2) is 0 Å². The molecule has 0 spiro atoms. The SMILES string of the molecule is OCC(c1ccccc1)C(O)C(O)C1(CO)CC=CCC1. The van der Waals surface area contributed by atoms with Gasteiger partial charge in [-0.1, -0.05) is 42.5 Å². The van der Waals surface area contributed by atoms with Crippen LogP contribution in [0.15, 0.2) is 42.5 Å². The van der Waals surface area contributed by atoms with Crippen LogP contribution >= 0.6 is 0 Å². The van der Waals surface area contributed by atoms with Crippen LogP contribution in [0.3, 0.4) is 0 Å². The summed E-state index contributed by atoms with van der Waals surface area (Å²) in [6.45, 7) is -0.428. The smallest absolute Gasteiger partial charge is 0.0895 e. The van der Waals surface area contributed by atoms with Crippen molar-refractivity contribution in [3.8, 4) is 0 Å². The topological polar surface area (TPSA) is 80.9 Å². The first-order valence-electron chi connectivity index (χ1n) is 7.42. The molecule has 0 aliphatic heterocycles. The lowest BCUT2D eigenvalue weighted by Gasteiger charge is -2.41. The maximum absolute atomic E-state index is 10.6. The molecule has 4 nitrogen and oxygen atoms in total. The van der Waals surface area contributed by atoms with Gasteiger partial charge in [-0.05, 0) is 24.8 Å². The van der Waals surface area contributed by atoms with Crippen molar-refractivity contribution in [2.75, 3.05) is 13.2 Å². The van der Waals surface area contributed by atoms with Gasteiger partial charge in [-0.3, -0.25) is 0 Å². The number of aliphatic hydroxyl groups is 4. The van der Waals surface area contributed by atoms with E-state index in [1.54, 1.807) is 0 Å². The number of hydrogen-bond donors (Lipinski definition) is 4. The van der Waals surface area contributed by atoms with E-state index >= 15 is 0 Å². The lowest BCUT2D eigenvalue weighted by atomic mass is 9.69. The van der Waals surface area contributed by atoms with Gasteiger partial charge in [0.1, 0.15) is 0 Å². The highest BCUT2D eigenvalue weighted by Crippen LogP contribution is 2.39. The van der Waals surface area contributed by atoms with E-state index in [0.29, 0.717) is 12.8 Å². The van der Waals surface area contributed by atoms with Gasteiger partial charge >= 0.3 is 0 Å². The van der Waals surface area contributed by atoms with E-state index in [4.69, 9.17) is 0 Å². The summed E-state index contributed by atoms with van der Waals surface area (Å²) in [4.78, 5) is 0. The summed E-state index contributed by atoms with van der Waals surface area (Å²) in [7, 11) is 0. The van der Waals surface area contributed by atoms with Gasteiger partial charge in [-0.2, -0.15) is 0 Å². The van der Waals surface area contributed by atoms with Gasteiger partial charge in [0.15, 0.2) is 0 Å². The number of benzene rings is 1. The molecular weight excluding hydrogens is 268 g/mol. The molecule has 1 aliphatic carbocycles. The van der Waals surface area contributed by atoms with Gasteiger partial charge in [-0.15, -0.1) is 0 Å². The molecule has 116 valence electrons. The van der Waals surface area contributed by atoms with E-state index in [1.165, 1.54) is 0 Å². The molecule has 1 aliphatic rings. The summed E-state index contributed by atoms with van der Waals surface area (Å²) in [5.41, 5.74) is 0.0575. The van der Waals surface area contributed by atoms with Crippen molar-refractivity contribution in [3.05, 3.63) is 48.0 Å². The maximum Gasteiger partial charge on any atom is 0.0895 e. The zero-order chi connectivity index (χ0) is 15.3. The third-order valence-electron chi connectivity index (χ3n) is 4.60. The molecule has 1 aromatic rings. The summed E-state index contributed by atoms with van der Waals surface area (Å²) in [5, 5.41) is 40.5. The molecule has 0 heterocycles. The minimum atomic E-state index is -1.11. The van der Waals surface area contributed by atoms with Crippen LogP contribution < -0.4 is 0 Å². The molecule has 4 atom stereocenters. The number of rotatable bonds is 6. The van der Waals surface area contributed by atoms with Crippen LogP contribution in [0.2, 0.25) is 0 Å². The van der Waals surface area contributed by atoms with E-state index in [1.807, 2.05) is 42.5 Å². The zero-order valence-corrected chi connectivity index (χ0v) is 12.1. The summed E-state index contributed by atoms with van der Waals surface area (Å²) >= 11 is 0. The van der Waals surface area contributed by atoms with E-state index < -0.39 is 23.5 Å². The predicted molar refractivity (Wildman–Crippen MR) is 80.8 cm³/mol. The fraction of sp³-hybridized carbons (Fsp3) is 0.529. The van der Waals surface area contributed by atoms with Crippen LogP contribution in [0.4, 0.5) is 0 Å². The molecule has 0 fully saturated rings. The second-order valence-electron chi connectivity index (χ2n) is 5.87. The summed E-state index contributed by atoms with van der Waals surface area (Å²) in [6.07, 6.45) is 3.71. The molecular formula is C17H24O4. The average Bonchev–Trinajstić information content (AvgIpc) is 2.56. The van der Waals surface area contributed by atoms with Crippen molar-refractivity contribution in [2.24, 2.45) is 5.41 Å². The van der Waals surface area contributed by atoms with Crippen molar-refractivity contribution >= 4 is 0 Å². The Morgan fingerprint density at radius 3 is 2.29 bits per heavy atom. The molecule has 1 aromatic carbocycles. The molecule has 0 saturated carbocycles. The molecule has 0 amide bonds. The van der Waals surface area contributed by atoms with Gasteiger partial charge in [0.05, 0.1) is 25.4 Å².